The fourth-order valence-electron chi connectivity index (χ4n) is 4.78. The first-order valence-corrected chi connectivity index (χ1v) is 13.0. The molecule has 4 heteroatoms. The second-order valence-electron chi connectivity index (χ2n) is 8.86. The Hall–Kier alpha value is -3.53. The van der Waals surface area contributed by atoms with Crippen molar-refractivity contribution < 1.29 is 0 Å². The minimum Gasteiger partial charge on any atom is -0.372 e. The Balaban J connectivity index is 1.59. The molecular weight excluding hydrogens is 428 g/mol. The minimum absolute atomic E-state index is 0.229. The summed E-state index contributed by atoms with van der Waals surface area (Å²) in [4.78, 5) is 4.75. The Labute approximate surface area is 211 Å². The summed E-state index contributed by atoms with van der Waals surface area (Å²) in [5, 5.41) is 7.17. The third kappa shape index (κ3) is 5.76. The van der Waals surface area contributed by atoms with Gasteiger partial charge in [-0.2, -0.15) is 5.10 Å². The lowest BCUT2D eigenvalue weighted by atomic mass is 9.93. The molecule has 1 aliphatic heterocycles. The van der Waals surface area contributed by atoms with Gasteiger partial charge in [0, 0.05) is 43.5 Å². The number of anilines is 3. The quantitative estimate of drug-likeness (QED) is 0.319. The molecule has 1 unspecified atom stereocenters. The first-order valence-electron chi connectivity index (χ1n) is 13.0. The van der Waals surface area contributed by atoms with Crippen molar-refractivity contribution in [3.63, 3.8) is 0 Å². The highest BCUT2D eigenvalue weighted by molar-refractivity contribution is 6.05. The number of hydrogen-bond acceptors (Lipinski definition) is 4. The Bertz CT molecular complexity index is 1110. The normalized spacial score (nSPS) is 15.5. The fraction of sp³-hybridized carbons (Fsp3) is 0.323. The molecule has 0 radical (unpaired) electrons. The maximum Gasteiger partial charge on any atom is 0.0703 e. The molecule has 182 valence electrons. The van der Waals surface area contributed by atoms with Gasteiger partial charge in [-0.3, -0.25) is 5.01 Å². The Morgan fingerprint density at radius 3 is 1.80 bits per heavy atom. The van der Waals surface area contributed by atoms with Gasteiger partial charge in [0.2, 0.25) is 0 Å². The molecule has 3 aromatic rings. The summed E-state index contributed by atoms with van der Waals surface area (Å²) in [6.07, 6.45) is 4.38. The van der Waals surface area contributed by atoms with Gasteiger partial charge in [-0.05, 0) is 81.3 Å². The molecule has 0 spiro atoms. The summed E-state index contributed by atoms with van der Waals surface area (Å²) in [5.74, 6) is 0.229. The molecule has 0 aromatic heterocycles. The van der Waals surface area contributed by atoms with Crippen LogP contribution in [0.5, 0.6) is 0 Å². The molecule has 0 saturated carbocycles. The summed E-state index contributed by atoms with van der Waals surface area (Å²) in [6.45, 7) is 13.7. The fourth-order valence-corrected chi connectivity index (χ4v) is 4.78. The molecule has 0 bridgehead atoms. The van der Waals surface area contributed by atoms with Crippen LogP contribution in [0.3, 0.4) is 0 Å². The van der Waals surface area contributed by atoms with E-state index in [1.54, 1.807) is 0 Å². The minimum atomic E-state index is 0.229. The zero-order chi connectivity index (χ0) is 24.6. The number of hydrogen-bond donors (Lipinski definition) is 0. The third-order valence-electron chi connectivity index (χ3n) is 6.90. The summed E-state index contributed by atoms with van der Waals surface area (Å²) >= 11 is 0. The van der Waals surface area contributed by atoms with Crippen molar-refractivity contribution in [2.24, 2.45) is 5.10 Å². The molecule has 4 rings (SSSR count). The van der Waals surface area contributed by atoms with Gasteiger partial charge in [-0.15, -0.1) is 0 Å². The van der Waals surface area contributed by atoms with E-state index in [9.17, 15) is 0 Å². The van der Waals surface area contributed by atoms with Crippen LogP contribution < -0.4 is 14.8 Å². The predicted molar refractivity (Wildman–Crippen MR) is 153 cm³/mol. The van der Waals surface area contributed by atoms with Crippen molar-refractivity contribution in [2.75, 3.05) is 47.5 Å². The van der Waals surface area contributed by atoms with E-state index in [4.69, 9.17) is 5.10 Å². The third-order valence-corrected chi connectivity index (χ3v) is 6.90. The summed E-state index contributed by atoms with van der Waals surface area (Å²) in [5.41, 5.74) is 7.27. The topological polar surface area (TPSA) is 22.1 Å². The van der Waals surface area contributed by atoms with E-state index >= 15 is 0 Å². The Kier molecular flexibility index (Phi) is 8.25. The van der Waals surface area contributed by atoms with Crippen LogP contribution in [0.25, 0.3) is 6.08 Å². The highest BCUT2D eigenvalue weighted by Crippen LogP contribution is 2.31. The molecule has 1 aliphatic rings. The van der Waals surface area contributed by atoms with Crippen molar-refractivity contribution in [3.8, 4) is 0 Å². The van der Waals surface area contributed by atoms with Gasteiger partial charge in [0.15, 0.2) is 0 Å². The molecule has 0 aliphatic carbocycles. The number of nitrogens with zero attached hydrogens (tertiary/aromatic N) is 4. The Morgan fingerprint density at radius 1 is 0.714 bits per heavy atom. The van der Waals surface area contributed by atoms with Gasteiger partial charge in [0.1, 0.15) is 0 Å². The predicted octanol–water partition coefficient (Wildman–Crippen LogP) is 7.05. The van der Waals surface area contributed by atoms with Crippen LogP contribution >= 0.6 is 0 Å². The van der Waals surface area contributed by atoms with Crippen LogP contribution in [0.2, 0.25) is 0 Å². The van der Waals surface area contributed by atoms with Crippen molar-refractivity contribution >= 4 is 28.8 Å². The molecule has 0 amide bonds. The van der Waals surface area contributed by atoms with Crippen LogP contribution in [0.4, 0.5) is 17.1 Å². The molecule has 0 saturated heterocycles. The lowest BCUT2D eigenvalue weighted by molar-refractivity contribution is 0.846. The molecule has 4 nitrogen and oxygen atoms in total. The van der Waals surface area contributed by atoms with E-state index in [1.807, 2.05) is 0 Å². The number of allylic oxidation sites excluding steroid dienone is 1. The first kappa shape index (κ1) is 24.6. The number of benzene rings is 3. The summed E-state index contributed by atoms with van der Waals surface area (Å²) in [6, 6.07) is 28.3. The smallest absolute Gasteiger partial charge is 0.0703 e. The number of rotatable bonds is 10. The molecule has 1 heterocycles. The summed E-state index contributed by atoms with van der Waals surface area (Å²) < 4.78 is 0. The highest BCUT2D eigenvalue weighted by Gasteiger charge is 2.27. The van der Waals surface area contributed by atoms with E-state index in [2.05, 4.69) is 134 Å². The van der Waals surface area contributed by atoms with Crippen LogP contribution in [-0.4, -0.2) is 38.4 Å². The number of para-hydroxylation sites is 1. The van der Waals surface area contributed by atoms with Gasteiger partial charge in [-0.25, -0.2) is 0 Å². The average molecular weight is 467 g/mol. The van der Waals surface area contributed by atoms with E-state index in [0.717, 1.165) is 44.1 Å². The van der Waals surface area contributed by atoms with E-state index in [0.29, 0.717) is 0 Å². The zero-order valence-corrected chi connectivity index (χ0v) is 21.6. The highest BCUT2D eigenvalue weighted by atomic mass is 15.5. The van der Waals surface area contributed by atoms with Crippen molar-refractivity contribution in [2.45, 2.75) is 33.6 Å². The standard InChI is InChI=1S/C31H38N4/c1-5-33(6-2)27-19-14-25(15-20-27)16-23-31-30(24-35(32-31)29-12-10-9-11-13-29)26-17-21-28(22-18-26)34(7-3)8-4/h9-23,30H,5-8,24H2,1-4H3. The maximum absolute atomic E-state index is 5.04. The maximum atomic E-state index is 5.04. The molecule has 3 aromatic carbocycles. The lowest BCUT2D eigenvalue weighted by Gasteiger charge is -2.22. The molecule has 1 atom stereocenters. The summed E-state index contributed by atoms with van der Waals surface area (Å²) in [7, 11) is 0. The van der Waals surface area contributed by atoms with Crippen LogP contribution in [-0.2, 0) is 0 Å². The Morgan fingerprint density at radius 2 is 1.26 bits per heavy atom. The monoisotopic (exact) mass is 466 g/mol. The van der Waals surface area contributed by atoms with Crippen LogP contribution in [0.1, 0.15) is 44.7 Å². The molecule has 0 fully saturated rings. The molecule has 0 N–H and O–H groups in total. The second kappa shape index (κ2) is 11.7. The molecular formula is C31H38N4. The number of hydrazone groups is 1. The van der Waals surface area contributed by atoms with Crippen LogP contribution in [0, 0.1) is 0 Å². The van der Waals surface area contributed by atoms with Gasteiger partial charge in [0.05, 0.1) is 17.9 Å². The lowest BCUT2D eigenvalue weighted by Crippen LogP contribution is -2.22. The zero-order valence-electron chi connectivity index (χ0n) is 21.6. The average Bonchev–Trinajstić information content (AvgIpc) is 3.35. The van der Waals surface area contributed by atoms with E-state index < -0.39 is 0 Å². The van der Waals surface area contributed by atoms with Crippen molar-refractivity contribution in [1.29, 1.82) is 0 Å². The second-order valence-corrected chi connectivity index (χ2v) is 8.86. The first-order chi connectivity index (χ1) is 17.2. The van der Waals surface area contributed by atoms with Crippen LogP contribution in [0.15, 0.2) is 90.0 Å². The van der Waals surface area contributed by atoms with Gasteiger partial charge in [0.25, 0.3) is 0 Å². The van der Waals surface area contributed by atoms with Gasteiger partial charge < -0.3 is 9.80 Å². The van der Waals surface area contributed by atoms with Crippen molar-refractivity contribution in [1.82, 2.24) is 0 Å². The van der Waals surface area contributed by atoms with E-state index in [-0.39, 0.29) is 5.92 Å². The largest absolute Gasteiger partial charge is 0.372 e. The molecule has 35 heavy (non-hydrogen) atoms. The van der Waals surface area contributed by atoms with Gasteiger partial charge >= 0.3 is 0 Å². The van der Waals surface area contributed by atoms with Crippen molar-refractivity contribution in [3.05, 3.63) is 96.1 Å². The SMILES string of the molecule is CCN(CC)c1ccc(C=CC2=NN(c3ccccc3)CC2c2ccc(N(CC)CC)cc2)cc1. The van der Waals surface area contributed by atoms with Gasteiger partial charge in [-0.1, -0.05) is 48.5 Å². The van der Waals surface area contributed by atoms with E-state index in [1.165, 1.54) is 22.5 Å².